The van der Waals surface area contributed by atoms with Gasteiger partial charge in [-0.1, -0.05) is 280 Å². The van der Waals surface area contributed by atoms with Crippen molar-refractivity contribution in [1.82, 2.24) is 0 Å². The molecule has 0 nitrogen and oxygen atoms in total. The lowest BCUT2D eigenvalue weighted by Crippen LogP contribution is -1.13. The highest BCUT2D eigenvalue weighted by Crippen LogP contribution is 1.17. The predicted molar refractivity (Wildman–Crippen MR) is 271 cm³/mol. The molecule has 0 N–H and O–H groups in total. The molecule has 0 fully saturated rings. The van der Waals surface area contributed by atoms with Gasteiger partial charge in [-0.15, -0.1) is 0 Å². The zero-order valence-electron chi connectivity index (χ0n) is 35.5. The van der Waals surface area contributed by atoms with E-state index in [4.69, 9.17) is 0 Å². The number of rotatable bonds is 0. The Morgan fingerprint density at radius 1 is 0.109 bits per heavy atom. The fourth-order valence-corrected chi connectivity index (χ4v) is 0. The van der Waals surface area contributed by atoms with Crippen LogP contribution in [0.3, 0.4) is 0 Å². The van der Waals surface area contributed by atoms with Crippen LogP contribution in [0.15, 0.2) is 0 Å². The van der Waals surface area contributed by atoms with E-state index in [1.165, 1.54) is 40.9 Å². The zero-order chi connectivity index (χ0) is 38.0. The minimum absolute atomic E-state index is 0. The maximum atomic E-state index is 4.50. The van der Waals surface area contributed by atoms with Gasteiger partial charge in [-0.3, -0.25) is 0 Å². The molecule has 0 saturated heterocycles. The number of hydrogen-bond donors (Lipinski definition) is 0. The van der Waals surface area contributed by atoms with E-state index in [1.54, 1.807) is 0 Å². The number of hydrogen-bond acceptors (Lipinski definition) is 0. The summed E-state index contributed by atoms with van der Waals surface area (Å²) in [5.74, 6) is 0. The maximum Gasteiger partial charge on any atom is 0.0606 e. The molecular formula is C40H128B6. The van der Waals surface area contributed by atoms with Crippen LogP contribution < -0.4 is 0 Å². The second-order valence-corrected chi connectivity index (χ2v) is 0. The molecule has 12 radical (unpaired) electrons. The Balaban J connectivity index is -0.00000000328. The SMILES string of the molecule is C.C.C.C.C.C.C.C.CC.CC.CC.CC.CC.CC.CC.CC.CC.CC.CC.CC.CC.[B]C.[B]C.[B]C.[B]C.[B]C.[B]C. The Morgan fingerprint density at radius 3 is 0.109 bits per heavy atom. The van der Waals surface area contributed by atoms with E-state index in [2.05, 4.69) is 47.1 Å². The highest BCUT2D eigenvalue weighted by atomic mass is 13.0. The molecule has 0 aliphatic rings. The van der Waals surface area contributed by atoms with Gasteiger partial charge in [0.15, 0.2) is 0 Å². The van der Waals surface area contributed by atoms with Crippen LogP contribution in [0.5, 0.6) is 0 Å². The molecule has 0 bridgehead atoms. The molecule has 0 aromatic heterocycles. The van der Waals surface area contributed by atoms with Crippen molar-refractivity contribution in [3.8, 4) is 0 Å². The fourth-order valence-electron chi connectivity index (χ4n) is 0. The first-order valence-electron chi connectivity index (χ1n) is 16.5. The van der Waals surface area contributed by atoms with Crippen molar-refractivity contribution < 1.29 is 0 Å². The van der Waals surface area contributed by atoms with Gasteiger partial charge in [-0.25, -0.2) is 0 Å². The van der Waals surface area contributed by atoms with E-state index in [-0.39, 0.29) is 59.4 Å². The van der Waals surface area contributed by atoms with E-state index in [0.717, 1.165) is 0 Å². The monoisotopic (exact) mass is 675 g/mol. The summed E-state index contributed by atoms with van der Waals surface area (Å²) in [4.78, 5) is 0. The molecule has 0 atom stereocenters. The first-order chi connectivity index (χ1) is 19.0. The third-order valence-corrected chi connectivity index (χ3v) is 0. The van der Waals surface area contributed by atoms with E-state index < -0.39 is 0 Å². The Morgan fingerprint density at radius 2 is 0.109 bits per heavy atom. The molecule has 6 heteroatoms. The van der Waals surface area contributed by atoms with Crippen molar-refractivity contribution in [3.05, 3.63) is 0 Å². The van der Waals surface area contributed by atoms with Crippen LogP contribution in [-0.2, 0) is 0 Å². The summed E-state index contributed by atoms with van der Waals surface area (Å²) < 4.78 is 0. The van der Waals surface area contributed by atoms with Crippen molar-refractivity contribution in [1.29, 1.82) is 0 Å². The molecular weight excluding hydrogens is 545 g/mol. The van der Waals surface area contributed by atoms with Crippen LogP contribution in [-0.4, -0.2) is 47.1 Å². The second kappa shape index (κ2) is 589000. The summed E-state index contributed by atoms with van der Waals surface area (Å²) in [6.45, 7) is 61.0. The third kappa shape index (κ3) is 551000. The molecule has 0 spiro atoms. The van der Waals surface area contributed by atoms with Crippen molar-refractivity contribution >= 4 is 47.1 Å². The fraction of sp³-hybridized carbons (Fsp3) is 1.00. The molecule has 0 aromatic carbocycles. The van der Waals surface area contributed by atoms with Gasteiger partial charge in [0.2, 0.25) is 0 Å². The second-order valence-electron chi connectivity index (χ2n) is 0. The normalized spacial score (nSPS) is 2.35. The summed E-state index contributed by atoms with van der Waals surface area (Å²) >= 11 is 0. The highest BCUT2D eigenvalue weighted by molar-refractivity contribution is 6.06. The highest BCUT2D eigenvalue weighted by Gasteiger charge is 1.00. The van der Waals surface area contributed by atoms with E-state index in [0.29, 0.717) is 0 Å². The zero-order valence-corrected chi connectivity index (χ0v) is 35.5. The standard InChI is InChI=1S/13C2H6.6CH3B.8CH4/c19*1-2;;;;;;;;/h13*1-2H3;6*1H3;8*1H4. The molecule has 0 rings (SSSR count). The topological polar surface area (TPSA) is 0 Å². The molecule has 306 valence electrons. The Hall–Kier alpha value is 0.390. The molecule has 0 amide bonds. The minimum Gasteiger partial charge on any atom is -0.0999 e. The lowest BCUT2D eigenvalue weighted by atomic mass is 10.2. The van der Waals surface area contributed by atoms with Gasteiger partial charge in [0.05, 0.1) is 47.1 Å². The van der Waals surface area contributed by atoms with Gasteiger partial charge in [-0.05, 0) is 0 Å². The lowest BCUT2D eigenvalue weighted by molar-refractivity contribution is 1.50. The summed E-state index contributed by atoms with van der Waals surface area (Å²) in [5, 5.41) is 0. The summed E-state index contributed by atoms with van der Waals surface area (Å²) in [6, 6.07) is 0. The molecule has 0 aliphatic heterocycles. The first kappa shape index (κ1) is 254. The van der Waals surface area contributed by atoms with E-state index in [1.807, 2.05) is 180 Å². The minimum atomic E-state index is 0. The smallest absolute Gasteiger partial charge is 0.0606 e. The quantitative estimate of drug-likeness (QED) is 0.225. The lowest BCUT2D eigenvalue weighted by Gasteiger charge is -1.07. The van der Waals surface area contributed by atoms with Crippen molar-refractivity contribution in [2.24, 2.45) is 0 Å². The van der Waals surface area contributed by atoms with Crippen LogP contribution in [0.4, 0.5) is 0 Å². The summed E-state index contributed by atoms with van der Waals surface area (Å²) in [5.41, 5.74) is 0. The van der Waals surface area contributed by atoms with Gasteiger partial charge < -0.3 is 0 Å². The van der Waals surface area contributed by atoms with Gasteiger partial charge in [0.1, 0.15) is 0 Å². The van der Waals surface area contributed by atoms with Gasteiger partial charge in [0, 0.05) is 0 Å². The molecule has 46 heavy (non-hydrogen) atoms. The van der Waals surface area contributed by atoms with Crippen molar-refractivity contribution in [2.75, 3.05) is 0 Å². The molecule has 0 aliphatic carbocycles. The Bertz CT molecular complexity index is 25.7. The van der Waals surface area contributed by atoms with Crippen molar-refractivity contribution in [3.63, 3.8) is 0 Å². The van der Waals surface area contributed by atoms with Crippen LogP contribution in [0.1, 0.15) is 239 Å². The van der Waals surface area contributed by atoms with Gasteiger partial charge in [-0.2, -0.15) is 0 Å². The van der Waals surface area contributed by atoms with Crippen LogP contribution in [0.2, 0.25) is 40.9 Å². The predicted octanol–water partition coefficient (Wildman–Crippen LogP) is 19.6. The molecule has 0 heterocycles. The molecule has 0 aromatic rings. The van der Waals surface area contributed by atoms with Crippen LogP contribution >= 0.6 is 0 Å². The van der Waals surface area contributed by atoms with E-state index >= 15 is 0 Å². The molecule has 0 saturated carbocycles. The van der Waals surface area contributed by atoms with Gasteiger partial charge in [0.25, 0.3) is 0 Å². The van der Waals surface area contributed by atoms with Crippen molar-refractivity contribution in [2.45, 2.75) is 280 Å². The molecule has 0 unspecified atom stereocenters. The Labute approximate surface area is 326 Å². The average molecular weight is 674 g/mol. The van der Waals surface area contributed by atoms with Crippen LogP contribution in [0, 0.1) is 0 Å². The van der Waals surface area contributed by atoms with Crippen LogP contribution in [0.25, 0.3) is 0 Å². The summed E-state index contributed by atoms with van der Waals surface area (Å²) in [7, 11) is 27.0. The Kier molecular flexibility index (Phi) is 3260000. The first-order valence-corrected chi connectivity index (χ1v) is 16.5. The average Bonchev–Trinajstić information content (AvgIpc) is 3.17. The van der Waals surface area contributed by atoms with E-state index in [9.17, 15) is 0 Å². The third-order valence-electron chi connectivity index (χ3n) is 0. The summed E-state index contributed by atoms with van der Waals surface area (Å²) in [6.07, 6.45) is 0. The largest absolute Gasteiger partial charge is 0.0999 e. The van der Waals surface area contributed by atoms with Gasteiger partial charge >= 0.3 is 0 Å². The maximum absolute atomic E-state index is 4.50.